The van der Waals surface area contributed by atoms with Gasteiger partial charge in [-0.1, -0.05) is 0 Å². The second-order valence-electron chi connectivity index (χ2n) is 3.48. The third-order valence-electron chi connectivity index (χ3n) is 2.39. The van der Waals surface area contributed by atoms with Crippen molar-refractivity contribution < 1.29 is 4.74 Å². The van der Waals surface area contributed by atoms with Gasteiger partial charge in [-0.3, -0.25) is 0 Å². The highest BCUT2D eigenvalue weighted by Crippen LogP contribution is 2.21. The Morgan fingerprint density at radius 2 is 2.57 bits per heavy atom. The van der Waals surface area contributed by atoms with Crippen LogP contribution in [0, 0.1) is 11.3 Å². The Labute approximate surface area is 83.1 Å². The first-order chi connectivity index (χ1) is 6.90. The van der Waals surface area contributed by atoms with Gasteiger partial charge in [-0.2, -0.15) is 10.4 Å². The van der Waals surface area contributed by atoms with Gasteiger partial charge in [-0.15, -0.1) is 0 Å². The van der Waals surface area contributed by atoms with Crippen molar-refractivity contribution in [2.45, 2.75) is 31.9 Å². The summed E-state index contributed by atoms with van der Waals surface area (Å²) >= 11 is 0. The summed E-state index contributed by atoms with van der Waals surface area (Å²) in [5.41, 5.74) is 0.960. The van der Waals surface area contributed by atoms with Crippen LogP contribution in [0.1, 0.15) is 31.1 Å². The lowest BCUT2D eigenvalue weighted by molar-refractivity contribution is -0.0395. The van der Waals surface area contributed by atoms with Gasteiger partial charge >= 0.3 is 0 Å². The van der Waals surface area contributed by atoms with Crippen LogP contribution >= 0.6 is 0 Å². The molecule has 14 heavy (non-hydrogen) atoms. The maximum Gasteiger partial charge on any atom is 0.150 e. The lowest BCUT2D eigenvalue weighted by Crippen LogP contribution is -2.18. The highest BCUT2D eigenvalue weighted by atomic mass is 16.5. The molecule has 0 aliphatic carbocycles. The Bertz CT molecular complexity index is 333. The Hall–Kier alpha value is -1.34. The summed E-state index contributed by atoms with van der Waals surface area (Å²) in [5.74, 6) is 0. The molecule has 74 valence electrons. The minimum Gasteiger partial charge on any atom is -0.357 e. The molecular weight excluding hydrogens is 178 g/mol. The average molecular weight is 191 g/mol. The summed E-state index contributed by atoms with van der Waals surface area (Å²) < 4.78 is 7.40. The van der Waals surface area contributed by atoms with Crippen molar-refractivity contribution >= 4 is 0 Å². The summed E-state index contributed by atoms with van der Waals surface area (Å²) in [6, 6.07) is 2.11. The third kappa shape index (κ3) is 1.94. The van der Waals surface area contributed by atoms with Crippen LogP contribution in [0.5, 0.6) is 0 Å². The molecule has 0 amide bonds. The van der Waals surface area contributed by atoms with E-state index in [4.69, 9.17) is 10.00 Å². The molecule has 0 saturated carbocycles. The number of rotatable bonds is 2. The van der Waals surface area contributed by atoms with Crippen LogP contribution in [0.4, 0.5) is 0 Å². The first kappa shape index (κ1) is 9.22. The van der Waals surface area contributed by atoms with E-state index < -0.39 is 0 Å². The molecule has 4 nitrogen and oxygen atoms in total. The molecule has 2 rings (SSSR count). The fourth-order valence-corrected chi connectivity index (χ4v) is 1.65. The summed E-state index contributed by atoms with van der Waals surface area (Å²) in [6.45, 7) is 0.818. The molecule has 2 heterocycles. The summed E-state index contributed by atoms with van der Waals surface area (Å²) in [7, 11) is 0. The second-order valence-corrected chi connectivity index (χ2v) is 3.48. The molecular formula is C10H13N3O. The highest BCUT2D eigenvalue weighted by molar-refractivity contribution is 5.09. The summed E-state index contributed by atoms with van der Waals surface area (Å²) in [5, 5.41) is 12.7. The molecule has 0 aromatic carbocycles. The van der Waals surface area contributed by atoms with E-state index in [2.05, 4.69) is 11.2 Å². The lowest BCUT2D eigenvalue weighted by atomic mass is 10.2. The van der Waals surface area contributed by atoms with Gasteiger partial charge in [0, 0.05) is 18.4 Å². The first-order valence-corrected chi connectivity index (χ1v) is 4.92. The molecule has 0 radical (unpaired) electrons. The van der Waals surface area contributed by atoms with E-state index in [0.29, 0.717) is 6.42 Å². The molecule has 1 saturated heterocycles. The molecule has 0 N–H and O–H groups in total. The van der Waals surface area contributed by atoms with E-state index in [0.717, 1.165) is 25.0 Å². The molecule has 0 spiro atoms. The molecule has 1 aromatic rings. The SMILES string of the molecule is N#CCc1cnn([C@@H]2CCCCO2)c1. The molecule has 0 bridgehead atoms. The maximum absolute atomic E-state index is 8.52. The van der Waals surface area contributed by atoms with Crippen molar-refractivity contribution in [3.63, 3.8) is 0 Å². The van der Waals surface area contributed by atoms with Gasteiger partial charge in [0.15, 0.2) is 0 Å². The van der Waals surface area contributed by atoms with E-state index in [1.807, 2.05) is 10.9 Å². The minimum absolute atomic E-state index is 0.0798. The quantitative estimate of drug-likeness (QED) is 0.714. The van der Waals surface area contributed by atoms with Crippen molar-refractivity contribution in [3.05, 3.63) is 18.0 Å². The van der Waals surface area contributed by atoms with Crippen molar-refractivity contribution in [3.8, 4) is 6.07 Å². The fourth-order valence-electron chi connectivity index (χ4n) is 1.65. The molecule has 4 heteroatoms. The molecule has 1 aliphatic rings. The summed E-state index contributed by atoms with van der Waals surface area (Å²) in [4.78, 5) is 0. The predicted molar refractivity (Wildman–Crippen MR) is 50.4 cm³/mol. The largest absolute Gasteiger partial charge is 0.357 e. The van der Waals surface area contributed by atoms with Gasteiger partial charge in [0.2, 0.25) is 0 Å². The molecule has 1 atom stereocenters. The number of hydrogen-bond acceptors (Lipinski definition) is 3. The van der Waals surface area contributed by atoms with Crippen LogP contribution in [-0.4, -0.2) is 16.4 Å². The van der Waals surface area contributed by atoms with Crippen LogP contribution in [0.3, 0.4) is 0 Å². The standard InChI is InChI=1S/C10H13N3O/c11-5-4-9-7-12-13(8-9)10-3-1-2-6-14-10/h7-8,10H,1-4,6H2/t10-/m0/s1. The normalized spacial score (nSPS) is 21.8. The molecule has 1 aliphatic heterocycles. The van der Waals surface area contributed by atoms with Gasteiger partial charge in [-0.05, 0) is 19.3 Å². The Morgan fingerprint density at radius 3 is 3.29 bits per heavy atom. The van der Waals surface area contributed by atoms with Crippen LogP contribution < -0.4 is 0 Å². The van der Waals surface area contributed by atoms with E-state index >= 15 is 0 Å². The number of aromatic nitrogens is 2. The van der Waals surface area contributed by atoms with E-state index in [1.54, 1.807) is 6.20 Å². The Kier molecular flexibility index (Phi) is 2.80. The van der Waals surface area contributed by atoms with Gasteiger partial charge in [0.05, 0.1) is 18.7 Å². The lowest BCUT2D eigenvalue weighted by Gasteiger charge is -2.22. The predicted octanol–water partition coefficient (Wildman–Crippen LogP) is 1.65. The summed E-state index contributed by atoms with van der Waals surface area (Å²) in [6.07, 6.45) is 7.50. The first-order valence-electron chi connectivity index (χ1n) is 4.92. The zero-order chi connectivity index (χ0) is 9.80. The number of nitrogens with zero attached hydrogens (tertiary/aromatic N) is 3. The van der Waals surface area contributed by atoms with Gasteiger partial charge in [0.25, 0.3) is 0 Å². The second kappa shape index (κ2) is 4.25. The monoisotopic (exact) mass is 191 g/mol. The van der Waals surface area contributed by atoms with E-state index in [9.17, 15) is 0 Å². The van der Waals surface area contributed by atoms with Crippen LogP contribution in [0.2, 0.25) is 0 Å². The van der Waals surface area contributed by atoms with Crippen LogP contribution in [0.25, 0.3) is 0 Å². The van der Waals surface area contributed by atoms with E-state index in [1.165, 1.54) is 6.42 Å². The zero-order valence-electron chi connectivity index (χ0n) is 8.02. The zero-order valence-corrected chi connectivity index (χ0v) is 8.02. The molecule has 0 unspecified atom stereocenters. The topological polar surface area (TPSA) is 50.8 Å². The smallest absolute Gasteiger partial charge is 0.150 e. The van der Waals surface area contributed by atoms with Crippen molar-refractivity contribution in [2.24, 2.45) is 0 Å². The Morgan fingerprint density at radius 1 is 1.64 bits per heavy atom. The Balaban J connectivity index is 2.04. The highest BCUT2D eigenvalue weighted by Gasteiger charge is 2.16. The van der Waals surface area contributed by atoms with Crippen LogP contribution in [-0.2, 0) is 11.2 Å². The van der Waals surface area contributed by atoms with Crippen LogP contribution in [0.15, 0.2) is 12.4 Å². The van der Waals surface area contributed by atoms with Gasteiger partial charge in [0.1, 0.15) is 6.23 Å². The maximum atomic E-state index is 8.52. The molecule has 1 aromatic heterocycles. The fraction of sp³-hybridized carbons (Fsp3) is 0.600. The average Bonchev–Trinajstić information content (AvgIpc) is 2.68. The third-order valence-corrected chi connectivity index (χ3v) is 2.39. The van der Waals surface area contributed by atoms with E-state index in [-0.39, 0.29) is 6.23 Å². The molecule has 1 fully saturated rings. The minimum atomic E-state index is 0.0798. The number of nitriles is 1. The van der Waals surface area contributed by atoms with Gasteiger partial charge in [-0.25, -0.2) is 4.68 Å². The van der Waals surface area contributed by atoms with Crippen molar-refractivity contribution in [1.82, 2.24) is 9.78 Å². The number of ether oxygens (including phenoxy) is 1. The van der Waals surface area contributed by atoms with Crippen molar-refractivity contribution in [2.75, 3.05) is 6.61 Å². The van der Waals surface area contributed by atoms with Gasteiger partial charge < -0.3 is 4.74 Å². The number of hydrogen-bond donors (Lipinski definition) is 0. The van der Waals surface area contributed by atoms with Crippen molar-refractivity contribution in [1.29, 1.82) is 5.26 Å².